The number of hydrogen-bond acceptors (Lipinski definition) is 2. The van der Waals surface area contributed by atoms with E-state index >= 15 is 0 Å². The van der Waals surface area contributed by atoms with Crippen LogP contribution in [-0.4, -0.2) is 55.8 Å². The smallest absolute Gasteiger partial charge is 0.357 e. The van der Waals surface area contributed by atoms with Crippen molar-refractivity contribution in [3.05, 3.63) is 0 Å². The van der Waals surface area contributed by atoms with E-state index < -0.39 is 12.6 Å². The highest BCUT2D eigenvalue weighted by Crippen LogP contribution is 2.18. The Morgan fingerprint density at radius 1 is 1.21 bits per heavy atom. The number of hydrogen-bond donors (Lipinski definition) is 2. The molecule has 0 spiro atoms. The van der Waals surface area contributed by atoms with Gasteiger partial charge in [-0.3, -0.25) is 4.99 Å². The Morgan fingerprint density at radius 3 is 2.58 bits per heavy atom. The topological polar surface area (TPSA) is 39.7 Å². The molecular formula is C16H32F3IN4. The van der Waals surface area contributed by atoms with Crippen molar-refractivity contribution in [1.82, 2.24) is 15.5 Å². The SMILES string of the molecule is CCNC(=NCCCCN1CCCCC1C)NCCC(F)(F)F.I. The van der Waals surface area contributed by atoms with E-state index in [1.165, 1.54) is 25.8 Å². The first-order chi connectivity index (χ1) is 10.9. The molecule has 0 radical (unpaired) electrons. The summed E-state index contributed by atoms with van der Waals surface area (Å²) in [6.07, 6.45) is 0.966. The van der Waals surface area contributed by atoms with Gasteiger partial charge in [-0.2, -0.15) is 13.2 Å². The van der Waals surface area contributed by atoms with Crippen LogP contribution in [0.15, 0.2) is 4.99 Å². The summed E-state index contributed by atoms with van der Waals surface area (Å²) in [4.78, 5) is 6.87. The zero-order chi connectivity index (χ0) is 17.1. The molecule has 1 rings (SSSR count). The molecule has 8 heteroatoms. The third-order valence-electron chi connectivity index (χ3n) is 4.11. The normalized spacial score (nSPS) is 19.7. The van der Waals surface area contributed by atoms with E-state index in [1.807, 2.05) is 6.92 Å². The molecule has 1 unspecified atom stereocenters. The molecule has 0 aliphatic carbocycles. The Balaban J connectivity index is 0.00000529. The van der Waals surface area contributed by atoms with Gasteiger partial charge >= 0.3 is 6.18 Å². The van der Waals surface area contributed by atoms with Gasteiger partial charge in [0.25, 0.3) is 0 Å². The number of unbranched alkanes of at least 4 members (excludes halogenated alkanes) is 1. The highest BCUT2D eigenvalue weighted by molar-refractivity contribution is 14.0. The Hall–Kier alpha value is -0.250. The molecule has 1 saturated heterocycles. The first-order valence-electron chi connectivity index (χ1n) is 8.75. The van der Waals surface area contributed by atoms with Crippen molar-refractivity contribution >= 4 is 29.9 Å². The number of alkyl halides is 3. The van der Waals surface area contributed by atoms with Gasteiger partial charge in [0.15, 0.2) is 5.96 Å². The fourth-order valence-corrected chi connectivity index (χ4v) is 2.77. The number of likely N-dealkylation sites (tertiary alicyclic amines) is 1. The summed E-state index contributed by atoms with van der Waals surface area (Å²) in [6.45, 7) is 7.61. The van der Waals surface area contributed by atoms with Crippen LogP contribution in [0.4, 0.5) is 13.2 Å². The van der Waals surface area contributed by atoms with Crippen molar-refractivity contribution in [3.8, 4) is 0 Å². The molecule has 1 atom stereocenters. The monoisotopic (exact) mass is 464 g/mol. The molecule has 0 bridgehead atoms. The van der Waals surface area contributed by atoms with E-state index in [0.29, 0.717) is 25.1 Å². The van der Waals surface area contributed by atoms with Crippen LogP contribution in [0.2, 0.25) is 0 Å². The van der Waals surface area contributed by atoms with Crippen LogP contribution in [0.5, 0.6) is 0 Å². The molecule has 0 amide bonds. The Morgan fingerprint density at radius 2 is 1.96 bits per heavy atom. The fraction of sp³-hybridized carbons (Fsp3) is 0.938. The largest absolute Gasteiger partial charge is 0.390 e. The van der Waals surface area contributed by atoms with Gasteiger partial charge in [-0.25, -0.2) is 0 Å². The molecule has 1 aliphatic heterocycles. The van der Waals surface area contributed by atoms with Crippen LogP contribution in [0, 0.1) is 0 Å². The lowest BCUT2D eigenvalue weighted by molar-refractivity contribution is -0.132. The number of halogens is 4. The van der Waals surface area contributed by atoms with E-state index in [9.17, 15) is 13.2 Å². The highest BCUT2D eigenvalue weighted by Gasteiger charge is 2.26. The molecule has 1 fully saturated rings. The number of piperidine rings is 1. The summed E-state index contributed by atoms with van der Waals surface area (Å²) in [5, 5.41) is 5.71. The standard InChI is InChI=1S/C16H31F3N4.HI/c1-3-20-15(22-11-9-16(17,18)19)21-10-5-7-13-23-12-6-4-8-14(23)2;/h14H,3-13H2,1-2H3,(H2,20,21,22);1H. The van der Waals surface area contributed by atoms with Crippen LogP contribution >= 0.6 is 24.0 Å². The number of guanidine groups is 1. The minimum absolute atomic E-state index is 0. The lowest BCUT2D eigenvalue weighted by atomic mass is 10.0. The molecule has 144 valence electrons. The van der Waals surface area contributed by atoms with Crippen LogP contribution in [-0.2, 0) is 0 Å². The molecule has 0 aromatic rings. The summed E-state index contributed by atoms with van der Waals surface area (Å²) in [7, 11) is 0. The zero-order valence-electron chi connectivity index (χ0n) is 14.8. The van der Waals surface area contributed by atoms with Gasteiger partial charge in [0.05, 0.1) is 6.42 Å². The van der Waals surface area contributed by atoms with Gasteiger partial charge < -0.3 is 15.5 Å². The summed E-state index contributed by atoms with van der Waals surface area (Å²) in [5.41, 5.74) is 0. The summed E-state index contributed by atoms with van der Waals surface area (Å²) < 4.78 is 36.4. The average Bonchev–Trinajstić information content (AvgIpc) is 2.47. The Bertz CT molecular complexity index is 351. The van der Waals surface area contributed by atoms with Gasteiger partial charge in [-0.1, -0.05) is 6.42 Å². The number of aliphatic imine (C=N–C) groups is 1. The van der Waals surface area contributed by atoms with Gasteiger partial charge in [0, 0.05) is 25.7 Å². The van der Waals surface area contributed by atoms with Gasteiger partial charge in [-0.05, 0) is 52.6 Å². The van der Waals surface area contributed by atoms with Crippen molar-refractivity contribution in [1.29, 1.82) is 0 Å². The molecule has 0 saturated carbocycles. The Kier molecular flexibility index (Phi) is 12.9. The third kappa shape index (κ3) is 11.3. The van der Waals surface area contributed by atoms with Crippen LogP contribution < -0.4 is 10.6 Å². The minimum atomic E-state index is -4.13. The lowest BCUT2D eigenvalue weighted by Gasteiger charge is -2.33. The quantitative estimate of drug-likeness (QED) is 0.249. The van der Waals surface area contributed by atoms with Crippen molar-refractivity contribution in [2.75, 3.05) is 32.7 Å². The van der Waals surface area contributed by atoms with E-state index in [0.717, 1.165) is 19.4 Å². The summed E-state index contributed by atoms with van der Waals surface area (Å²) >= 11 is 0. The number of rotatable bonds is 8. The van der Waals surface area contributed by atoms with Crippen molar-refractivity contribution in [2.24, 2.45) is 4.99 Å². The maximum atomic E-state index is 12.1. The van der Waals surface area contributed by atoms with Gasteiger partial charge in [0.1, 0.15) is 0 Å². The second-order valence-corrected chi connectivity index (χ2v) is 6.14. The van der Waals surface area contributed by atoms with E-state index in [1.54, 1.807) is 0 Å². The van der Waals surface area contributed by atoms with E-state index in [4.69, 9.17) is 0 Å². The molecule has 0 aromatic carbocycles. The molecule has 24 heavy (non-hydrogen) atoms. The third-order valence-corrected chi connectivity index (χ3v) is 4.11. The van der Waals surface area contributed by atoms with E-state index in [2.05, 4.69) is 27.4 Å². The molecule has 0 aromatic heterocycles. The second-order valence-electron chi connectivity index (χ2n) is 6.14. The van der Waals surface area contributed by atoms with E-state index in [-0.39, 0.29) is 30.5 Å². The van der Waals surface area contributed by atoms with Gasteiger partial charge in [0.2, 0.25) is 0 Å². The average molecular weight is 464 g/mol. The summed E-state index contributed by atoms with van der Waals surface area (Å²) in [5.74, 6) is 0.475. The molecular weight excluding hydrogens is 432 g/mol. The maximum Gasteiger partial charge on any atom is 0.390 e. The molecule has 1 heterocycles. The molecule has 2 N–H and O–H groups in total. The van der Waals surface area contributed by atoms with Crippen LogP contribution in [0.1, 0.15) is 52.4 Å². The van der Waals surface area contributed by atoms with Crippen molar-refractivity contribution in [3.63, 3.8) is 0 Å². The maximum absolute atomic E-state index is 12.1. The number of nitrogens with zero attached hydrogens (tertiary/aromatic N) is 2. The highest BCUT2D eigenvalue weighted by atomic mass is 127. The predicted octanol–water partition coefficient (Wildman–Crippen LogP) is 3.77. The summed E-state index contributed by atoms with van der Waals surface area (Å²) in [6, 6.07) is 0.675. The van der Waals surface area contributed by atoms with Crippen LogP contribution in [0.25, 0.3) is 0 Å². The van der Waals surface area contributed by atoms with Crippen molar-refractivity contribution < 1.29 is 13.2 Å². The second kappa shape index (κ2) is 13.0. The predicted molar refractivity (Wildman–Crippen MR) is 104 cm³/mol. The van der Waals surface area contributed by atoms with Gasteiger partial charge in [-0.15, -0.1) is 24.0 Å². The fourth-order valence-electron chi connectivity index (χ4n) is 2.77. The first-order valence-corrected chi connectivity index (χ1v) is 8.75. The first kappa shape index (κ1) is 23.8. The molecule has 1 aliphatic rings. The van der Waals surface area contributed by atoms with Crippen molar-refractivity contribution in [2.45, 2.75) is 64.6 Å². The lowest BCUT2D eigenvalue weighted by Crippen LogP contribution is -2.39. The Labute approximate surface area is 161 Å². The zero-order valence-corrected chi connectivity index (χ0v) is 17.1. The molecule has 4 nitrogen and oxygen atoms in total. The minimum Gasteiger partial charge on any atom is -0.357 e. The van der Waals surface area contributed by atoms with Crippen LogP contribution in [0.3, 0.4) is 0 Å². The number of nitrogens with one attached hydrogen (secondary N) is 2.